The van der Waals surface area contributed by atoms with Crippen LogP contribution in [0, 0.1) is 0 Å². The molecule has 0 rings (SSSR count). The van der Waals surface area contributed by atoms with Gasteiger partial charge in [0.2, 0.25) is 0 Å². The molecule has 0 aromatic rings. The number of rotatable bonds is 6. The molecule has 82 valence electrons. The monoisotopic (exact) mass is 206 g/mol. The molecule has 0 aliphatic carbocycles. The molecule has 0 heterocycles. The van der Waals surface area contributed by atoms with Gasteiger partial charge in [0.15, 0.2) is 6.10 Å². The highest BCUT2D eigenvalue weighted by molar-refractivity contribution is 5.79. The van der Waals surface area contributed by atoms with Gasteiger partial charge in [-0.1, -0.05) is 0 Å². The summed E-state index contributed by atoms with van der Waals surface area (Å²) in [4.78, 5) is 20.8. The summed E-state index contributed by atoms with van der Waals surface area (Å²) in [5.74, 6) is -2.60. The molecule has 3 unspecified atom stereocenters. The van der Waals surface area contributed by atoms with Gasteiger partial charge in [0.25, 0.3) is 0 Å². The third kappa shape index (κ3) is 4.78. The van der Waals surface area contributed by atoms with Crippen molar-refractivity contribution < 1.29 is 29.6 Å². The number of ether oxygens (including phenoxy) is 1. The summed E-state index contributed by atoms with van der Waals surface area (Å²) in [5.41, 5.74) is 0. The van der Waals surface area contributed by atoms with Crippen LogP contribution in [-0.4, -0.2) is 45.6 Å². The Morgan fingerprint density at radius 3 is 2.07 bits per heavy atom. The molecule has 0 amide bonds. The molecule has 0 saturated carbocycles. The van der Waals surface area contributed by atoms with Gasteiger partial charge in [0, 0.05) is 0 Å². The second kappa shape index (κ2) is 5.56. The molecular formula is C8H14O6. The Labute approximate surface area is 81.1 Å². The number of carboxylic acid groups (broad SMARTS) is 2. The number of carboxylic acids is 2. The molecule has 6 heteroatoms. The quantitative estimate of drug-likeness (QED) is 0.551. The van der Waals surface area contributed by atoms with Gasteiger partial charge in [-0.3, -0.25) is 4.79 Å². The molecule has 0 spiro atoms. The summed E-state index contributed by atoms with van der Waals surface area (Å²) in [7, 11) is 0. The molecule has 0 aromatic heterocycles. The van der Waals surface area contributed by atoms with Crippen LogP contribution < -0.4 is 0 Å². The zero-order valence-electron chi connectivity index (χ0n) is 8.01. The topological polar surface area (TPSA) is 104 Å². The van der Waals surface area contributed by atoms with Crippen LogP contribution in [0.15, 0.2) is 0 Å². The summed E-state index contributed by atoms with van der Waals surface area (Å²) >= 11 is 0. The number of aliphatic hydroxyl groups is 1. The number of hydrogen-bond donors (Lipinski definition) is 3. The van der Waals surface area contributed by atoms with E-state index in [1.807, 2.05) is 0 Å². The van der Waals surface area contributed by atoms with Crippen LogP contribution in [0.2, 0.25) is 0 Å². The number of hydrogen-bond acceptors (Lipinski definition) is 4. The molecule has 0 aliphatic heterocycles. The third-order valence-electron chi connectivity index (χ3n) is 1.69. The molecule has 3 atom stereocenters. The maximum Gasteiger partial charge on any atom is 0.333 e. The van der Waals surface area contributed by atoms with Crippen molar-refractivity contribution in [3.63, 3.8) is 0 Å². The molecule has 0 aliphatic rings. The Hall–Kier alpha value is -1.14. The van der Waals surface area contributed by atoms with Crippen LogP contribution >= 0.6 is 0 Å². The minimum absolute atomic E-state index is 0.619. The molecular weight excluding hydrogens is 192 g/mol. The lowest BCUT2D eigenvalue weighted by atomic mass is 10.2. The van der Waals surface area contributed by atoms with Gasteiger partial charge in [-0.15, -0.1) is 0 Å². The van der Waals surface area contributed by atoms with E-state index in [1.165, 1.54) is 13.8 Å². The summed E-state index contributed by atoms with van der Waals surface area (Å²) in [5, 5.41) is 26.0. The first-order valence-electron chi connectivity index (χ1n) is 4.12. The van der Waals surface area contributed by atoms with Crippen molar-refractivity contribution >= 4 is 11.9 Å². The predicted molar refractivity (Wildman–Crippen MR) is 45.9 cm³/mol. The minimum Gasteiger partial charge on any atom is -0.481 e. The Kier molecular flexibility index (Phi) is 5.11. The molecule has 6 nitrogen and oxygen atoms in total. The van der Waals surface area contributed by atoms with Gasteiger partial charge in [-0.05, 0) is 13.8 Å². The molecule has 3 N–H and O–H groups in total. The highest BCUT2D eigenvalue weighted by atomic mass is 16.5. The smallest absolute Gasteiger partial charge is 0.333 e. The van der Waals surface area contributed by atoms with Gasteiger partial charge in [0.05, 0.1) is 18.6 Å². The zero-order valence-corrected chi connectivity index (χ0v) is 8.01. The first kappa shape index (κ1) is 12.9. The maximum atomic E-state index is 10.5. The van der Waals surface area contributed by atoms with Crippen LogP contribution in [0.25, 0.3) is 0 Å². The van der Waals surface area contributed by atoms with E-state index >= 15 is 0 Å². The molecule has 0 radical (unpaired) electrons. The standard InChI is InChI=1S/C8H14O6/c1-4(9)5(2)14-6(8(12)13)3-7(10)11/h4-6,9H,3H2,1-2H3,(H,10,11)(H,12,13). The first-order chi connectivity index (χ1) is 6.34. The lowest BCUT2D eigenvalue weighted by molar-refractivity contribution is -0.163. The lowest BCUT2D eigenvalue weighted by Crippen LogP contribution is -2.34. The van der Waals surface area contributed by atoms with E-state index in [-0.39, 0.29) is 0 Å². The second-order valence-corrected chi connectivity index (χ2v) is 3.01. The van der Waals surface area contributed by atoms with Gasteiger partial charge in [-0.2, -0.15) is 0 Å². The Balaban J connectivity index is 4.23. The summed E-state index contributed by atoms with van der Waals surface area (Å²) < 4.78 is 4.85. The molecule has 0 bridgehead atoms. The highest BCUT2D eigenvalue weighted by Crippen LogP contribution is 2.06. The van der Waals surface area contributed by atoms with Crippen molar-refractivity contribution in [1.82, 2.24) is 0 Å². The summed E-state index contributed by atoms with van der Waals surface area (Å²) in [6, 6.07) is 0. The lowest BCUT2D eigenvalue weighted by Gasteiger charge is -2.19. The van der Waals surface area contributed by atoms with E-state index in [1.54, 1.807) is 0 Å². The molecule has 0 fully saturated rings. The fourth-order valence-corrected chi connectivity index (χ4v) is 0.725. The van der Waals surface area contributed by atoms with Crippen LogP contribution in [0.5, 0.6) is 0 Å². The van der Waals surface area contributed by atoms with Crippen molar-refractivity contribution in [2.75, 3.05) is 0 Å². The van der Waals surface area contributed by atoms with Crippen LogP contribution in [0.4, 0.5) is 0 Å². The van der Waals surface area contributed by atoms with Gasteiger partial charge < -0.3 is 20.1 Å². The average molecular weight is 206 g/mol. The molecule has 0 aromatic carbocycles. The fraction of sp³-hybridized carbons (Fsp3) is 0.750. The normalized spacial score (nSPS) is 17.1. The van der Waals surface area contributed by atoms with E-state index in [0.717, 1.165) is 0 Å². The number of aliphatic hydroxyl groups excluding tert-OH is 1. The van der Waals surface area contributed by atoms with E-state index in [4.69, 9.17) is 20.1 Å². The van der Waals surface area contributed by atoms with Gasteiger partial charge in [0.1, 0.15) is 0 Å². The Bertz CT molecular complexity index is 212. The van der Waals surface area contributed by atoms with Crippen LogP contribution in [0.3, 0.4) is 0 Å². The SMILES string of the molecule is CC(O)C(C)OC(CC(=O)O)C(=O)O. The summed E-state index contributed by atoms with van der Waals surface area (Å²) in [6.07, 6.45) is -3.59. The third-order valence-corrected chi connectivity index (χ3v) is 1.69. The predicted octanol–water partition coefficient (Wildman–Crippen LogP) is -0.300. The Morgan fingerprint density at radius 1 is 1.29 bits per heavy atom. The maximum absolute atomic E-state index is 10.5. The van der Waals surface area contributed by atoms with Crippen molar-refractivity contribution in [1.29, 1.82) is 0 Å². The number of carbonyl (C=O) groups is 2. The van der Waals surface area contributed by atoms with E-state index in [9.17, 15) is 9.59 Å². The number of aliphatic carboxylic acids is 2. The molecule has 0 saturated heterocycles. The minimum atomic E-state index is -1.42. The zero-order chi connectivity index (χ0) is 11.3. The fourth-order valence-electron chi connectivity index (χ4n) is 0.725. The van der Waals surface area contributed by atoms with E-state index in [2.05, 4.69) is 0 Å². The average Bonchev–Trinajstić information content (AvgIpc) is 2.01. The van der Waals surface area contributed by atoms with E-state index < -0.39 is 36.7 Å². The van der Waals surface area contributed by atoms with Crippen molar-refractivity contribution in [3.05, 3.63) is 0 Å². The summed E-state index contributed by atoms with van der Waals surface area (Å²) in [6.45, 7) is 2.91. The van der Waals surface area contributed by atoms with Gasteiger partial charge >= 0.3 is 11.9 Å². The van der Waals surface area contributed by atoms with Crippen molar-refractivity contribution in [3.8, 4) is 0 Å². The van der Waals surface area contributed by atoms with Gasteiger partial charge in [-0.25, -0.2) is 4.79 Å². The van der Waals surface area contributed by atoms with Crippen LogP contribution in [0.1, 0.15) is 20.3 Å². The van der Waals surface area contributed by atoms with E-state index in [0.29, 0.717) is 0 Å². The highest BCUT2D eigenvalue weighted by Gasteiger charge is 2.25. The second-order valence-electron chi connectivity index (χ2n) is 3.01. The van der Waals surface area contributed by atoms with Crippen LogP contribution in [-0.2, 0) is 14.3 Å². The largest absolute Gasteiger partial charge is 0.481 e. The molecule has 14 heavy (non-hydrogen) atoms. The van der Waals surface area contributed by atoms with Crippen molar-refractivity contribution in [2.45, 2.75) is 38.6 Å². The first-order valence-corrected chi connectivity index (χ1v) is 4.12. The Morgan fingerprint density at radius 2 is 1.79 bits per heavy atom. The van der Waals surface area contributed by atoms with Crippen molar-refractivity contribution in [2.24, 2.45) is 0 Å².